The topological polar surface area (TPSA) is 109 Å². The molecule has 0 bridgehead atoms. The van der Waals surface area contributed by atoms with Gasteiger partial charge in [-0.1, -0.05) is 12.1 Å². The molecule has 3 aromatic rings. The van der Waals surface area contributed by atoms with Gasteiger partial charge in [0.05, 0.1) is 18.8 Å². The Hall–Kier alpha value is -3.42. The number of aryl methyl sites for hydroxylation is 1. The van der Waals surface area contributed by atoms with Crippen molar-refractivity contribution >= 4 is 22.7 Å². The Morgan fingerprint density at radius 3 is 3.00 bits per heavy atom. The van der Waals surface area contributed by atoms with Crippen LogP contribution in [0.25, 0.3) is 10.9 Å². The lowest BCUT2D eigenvalue weighted by molar-refractivity contribution is -0.121. The van der Waals surface area contributed by atoms with Gasteiger partial charge in [-0.15, -0.1) is 0 Å². The minimum Gasteiger partial charge on any atom is -0.360 e. The van der Waals surface area contributed by atoms with E-state index in [-0.39, 0.29) is 29.5 Å². The third kappa shape index (κ3) is 3.28. The summed E-state index contributed by atoms with van der Waals surface area (Å²) in [6.45, 7) is -0.197. The van der Waals surface area contributed by atoms with Crippen LogP contribution in [0.1, 0.15) is 40.5 Å². The van der Waals surface area contributed by atoms with Gasteiger partial charge >= 0.3 is 0 Å². The van der Waals surface area contributed by atoms with E-state index in [1.54, 1.807) is 30.5 Å². The molecular formula is C20H21N5O3. The maximum absolute atomic E-state index is 12.5. The summed E-state index contributed by atoms with van der Waals surface area (Å²) in [7, 11) is 1.89. The van der Waals surface area contributed by atoms with E-state index < -0.39 is 5.91 Å². The van der Waals surface area contributed by atoms with Crippen molar-refractivity contribution in [1.82, 2.24) is 25.4 Å². The van der Waals surface area contributed by atoms with E-state index in [1.165, 1.54) is 6.20 Å². The second-order valence-corrected chi connectivity index (χ2v) is 6.94. The van der Waals surface area contributed by atoms with Crippen LogP contribution in [0.5, 0.6) is 0 Å². The van der Waals surface area contributed by atoms with Crippen LogP contribution in [0.4, 0.5) is 0 Å². The van der Waals surface area contributed by atoms with E-state index in [0.717, 1.165) is 30.5 Å². The highest BCUT2D eigenvalue weighted by molar-refractivity contribution is 5.98. The maximum atomic E-state index is 12.5. The minimum absolute atomic E-state index is 0.0151. The Labute approximate surface area is 160 Å². The van der Waals surface area contributed by atoms with Gasteiger partial charge in [0.25, 0.3) is 5.91 Å². The molecule has 2 heterocycles. The molecule has 28 heavy (non-hydrogen) atoms. The van der Waals surface area contributed by atoms with Crippen molar-refractivity contribution in [2.75, 3.05) is 6.54 Å². The van der Waals surface area contributed by atoms with Crippen molar-refractivity contribution in [2.24, 2.45) is 7.05 Å². The van der Waals surface area contributed by atoms with Crippen LogP contribution in [0.2, 0.25) is 0 Å². The number of pyridine rings is 1. The third-order valence-corrected chi connectivity index (χ3v) is 5.15. The molecule has 144 valence electrons. The van der Waals surface area contributed by atoms with Gasteiger partial charge in [0, 0.05) is 35.4 Å². The first-order valence-electron chi connectivity index (χ1n) is 9.23. The van der Waals surface area contributed by atoms with Gasteiger partial charge in [-0.25, -0.2) is 0 Å². The van der Waals surface area contributed by atoms with Gasteiger partial charge in [0.15, 0.2) is 0 Å². The zero-order chi connectivity index (χ0) is 19.7. The summed E-state index contributed by atoms with van der Waals surface area (Å²) >= 11 is 0. The predicted octanol–water partition coefficient (Wildman–Crippen LogP) is 1.19. The molecule has 0 radical (unpaired) electrons. The Bertz CT molecular complexity index is 1110. The molecule has 0 aliphatic heterocycles. The molecule has 3 N–H and O–H groups in total. The normalized spacial score (nSPS) is 15.8. The number of rotatable bonds is 4. The standard InChI is InChI=1S/C20H21N5O3/c1-25-17-8-4-7-16(13(17)10-23-25)24-18(26)11-22-20(28)14-9-21-15-6-3-2-5-12(15)19(14)27/h2-3,5-6,9-10,16H,4,7-8,11H2,1H3,(H,21,27)(H,22,28)(H,24,26). The summed E-state index contributed by atoms with van der Waals surface area (Å²) in [5.74, 6) is -0.875. The molecule has 1 unspecified atom stereocenters. The number of amides is 2. The zero-order valence-electron chi connectivity index (χ0n) is 15.5. The number of aromatic nitrogens is 3. The molecule has 2 aromatic heterocycles. The predicted molar refractivity (Wildman–Crippen MR) is 104 cm³/mol. The van der Waals surface area contributed by atoms with Crippen molar-refractivity contribution in [2.45, 2.75) is 25.3 Å². The van der Waals surface area contributed by atoms with E-state index in [9.17, 15) is 14.4 Å². The highest BCUT2D eigenvalue weighted by atomic mass is 16.2. The molecule has 0 saturated heterocycles. The lowest BCUT2D eigenvalue weighted by atomic mass is 9.93. The van der Waals surface area contributed by atoms with Crippen molar-refractivity contribution < 1.29 is 9.59 Å². The Kier molecular flexibility index (Phi) is 4.68. The number of para-hydroxylation sites is 1. The van der Waals surface area contributed by atoms with E-state index in [2.05, 4.69) is 20.7 Å². The lowest BCUT2D eigenvalue weighted by Crippen LogP contribution is -2.40. The van der Waals surface area contributed by atoms with Crippen molar-refractivity contribution in [3.05, 3.63) is 63.7 Å². The fourth-order valence-corrected chi connectivity index (χ4v) is 3.69. The van der Waals surface area contributed by atoms with Gasteiger partial charge < -0.3 is 15.6 Å². The monoisotopic (exact) mass is 379 g/mol. The van der Waals surface area contributed by atoms with Crippen LogP contribution >= 0.6 is 0 Å². The Morgan fingerprint density at radius 1 is 1.32 bits per heavy atom. The first-order chi connectivity index (χ1) is 13.5. The largest absolute Gasteiger partial charge is 0.360 e. The molecule has 0 fully saturated rings. The van der Waals surface area contributed by atoms with Gasteiger partial charge in [-0.2, -0.15) is 5.10 Å². The molecule has 2 amide bonds. The average Bonchev–Trinajstić information content (AvgIpc) is 3.09. The van der Waals surface area contributed by atoms with Crippen LogP contribution in [0.15, 0.2) is 41.5 Å². The fourth-order valence-electron chi connectivity index (χ4n) is 3.69. The summed E-state index contributed by atoms with van der Waals surface area (Å²) in [5.41, 5.74) is 2.44. The molecule has 1 aliphatic rings. The molecule has 0 spiro atoms. The van der Waals surface area contributed by atoms with Gasteiger partial charge in [0.2, 0.25) is 11.3 Å². The lowest BCUT2D eigenvalue weighted by Gasteiger charge is -2.23. The number of aromatic amines is 1. The number of fused-ring (bicyclic) bond motifs is 2. The number of carbonyl (C=O) groups is 2. The maximum Gasteiger partial charge on any atom is 0.257 e. The van der Waals surface area contributed by atoms with Gasteiger partial charge in [-0.05, 0) is 31.4 Å². The van der Waals surface area contributed by atoms with E-state index >= 15 is 0 Å². The SMILES string of the molecule is Cn1ncc2c1CCCC2NC(=O)CNC(=O)c1c[nH]c2ccccc2c1=O. The number of carbonyl (C=O) groups excluding carboxylic acids is 2. The molecule has 0 saturated carbocycles. The third-order valence-electron chi connectivity index (χ3n) is 5.15. The van der Waals surface area contributed by atoms with Crippen LogP contribution in [-0.2, 0) is 18.3 Å². The molecule has 8 heteroatoms. The second-order valence-electron chi connectivity index (χ2n) is 6.94. The summed E-state index contributed by atoms with van der Waals surface area (Å²) in [5, 5.41) is 10.2. The highest BCUT2D eigenvalue weighted by Gasteiger charge is 2.25. The van der Waals surface area contributed by atoms with Crippen LogP contribution in [0.3, 0.4) is 0 Å². The van der Waals surface area contributed by atoms with E-state index in [4.69, 9.17) is 0 Å². The highest BCUT2D eigenvalue weighted by Crippen LogP contribution is 2.28. The number of benzene rings is 1. The summed E-state index contributed by atoms with van der Waals surface area (Å²) in [4.78, 5) is 40.1. The molecule has 8 nitrogen and oxygen atoms in total. The number of H-pyrrole nitrogens is 1. The van der Waals surface area contributed by atoms with Crippen molar-refractivity contribution in [1.29, 1.82) is 0 Å². The Balaban J connectivity index is 1.41. The molecular weight excluding hydrogens is 358 g/mol. The summed E-state index contributed by atoms with van der Waals surface area (Å²) in [6.07, 6.45) is 5.91. The number of hydrogen-bond acceptors (Lipinski definition) is 4. The first kappa shape index (κ1) is 18.0. The van der Waals surface area contributed by atoms with Crippen molar-refractivity contribution in [3.63, 3.8) is 0 Å². The quantitative estimate of drug-likeness (QED) is 0.632. The van der Waals surface area contributed by atoms with Crippen LogP contribution < -0.4 is 16.1 Å². The summed E-state index contributed by atoms with van der Waals surface area (Å²) in [6, 6.07) is 6.87. The second kappa shape index (κ2) is 7.30. The number of nitrogens with one attached hydrogen (secondary N) is 3. The molecule has 1 aromatic carbocycles. The fraction of sp³-hybridized carbons (Fsp3) is 0.300. The zero-order valence-corrected chi connectivity index (χ0v) is 15.5. The smallest absolute Gasteiger partial charge is 0.257 e. The van der Waals surface area contributed by atoms with Crippen molar-refractivity contribution in [3.8, 4) is 0 Å². The van der Waals surface area contributed by atoms with Gasteiger partial charge in [-0.3, -0.25) is 19.1 Å². The Morgan fingerprint density at radius 2 is 2.14 bits per heavy atom. The number of nitrogens with zero attached hydrogens (tertiary/aromatic N) is 2. The number of hydrogen-bond donors (Lipinski definition) is 3. The summed E-state index contributed by atoms with van der Waals surface area (Å²) < 4.78 is 1.83. The first-order valence-corrected chi connectivity index (χ1v) is 9.23. The molecule has 1 aliphatic carbocycles. The molecule has 4 rings (SSSR count). The average molecular weight is 379 g/mol. The minimum atomic E-state index is -0.576. The van der Waals surface area contributed by atoms with Crippen LogP contribution in [0, 0.1) is 0 Å². The molecule has 1 atom stereocenters. The van der Waals surface area contributed by atoms with E-state index in [0.29, 0.717) is 10.9 Å². The van der Waals surface area contributed by atoms with E-state index in [1.807, 2.05) is 11.7 Å². The van der Waals surface area contributed by atoms with Crippen LogP contribution in [-0.4, -0.2) is 33.1 Å². The van der Waals surface area contributed by atoms with Gasteiger partial charge in [0.1, 0.15) is 5.56 Å².